The summed E-state index contributed by atoms with van der Waals surface area (Å²) in [6, 6.07) is 14.2. The number of rotatable bonds is 6. The van der Waals surface area contributed by atoms with Gasteiger partial charge in [-0.2, -0.15) is 0 Å². The van der Waals surface area contributed by atoms with Crippen molar-refractivity contribution in [3.63, 3.8) is 0 Å². The van der Waals surface area contributed by atoms with Crippen molar-refractivity contribution < 1.29 is 4.79 Å². The normalized spacial score (nSPS) is 16.2. The second-order valence-corrected chi connectivity index (χ2v) is 6.23. The lowest BCUT2D eigenvalue weighted by molar-refractivity contribution is -0.124. The predicted octanol–water partition coefficient (Wildman–Crippen LogP) is 2.94. The van der Waals surface area contributed by atoms with Crippen molar-refractivity contribution in [3.05, 3.63) is 58.3 Å². The van der Waals surface area contributed by atoms with Crippen LogP contribution < -0.4 is 5.73 Å². The van der Waals surface area contributed by atoms with Gasteiger partial charge >= 0.3 is 0 Å². The number of benzene rings is 1. The number of primary amides is 1. The molecule has 3 nitrogen and oxygen atoms in total. The summed E-state index contributed by atoms with van der Waals surface area (Å²) in [4.78, 5) is 15.5. The summed E-state index contributed by atoms with van der Waals surface area (Å²) < 4.78 is 0. The van der Waals surface area contributed by atoms with Gasteiger partial charge in [-0.15, -0.1) is 11.3 Å². The standard InChI is InChI=1S/C16H18N2OS/c17-16(19)15(12-5-2-1-3-6-12)18(13-8-9-13)11-14-7-4-10-20-14/h1-7,10,13,15H,8-9,11H2,(H2,17,19)/t15-/m1/s1. The van der Waals surface area contributed by atoms with Gasteiger partial charge in [0, 0.05) is 17.5 Å². The number of carbonyl (C=O) groups excluding carboxylic acids is 1. The van der Waals surface area contributed by atoms with E-state index in [9.17, 15) is 4.79 Å². The van der Waals surface area contributed by atoms with Gasteiger partial charge in [0.2, 0.25) is 5.91 Å². The van der Waals surface area contributed by atoms with Crippen LogP contribution in [0.2, 0.25) is 0 Å². The lowest BCUT2D eigenvalue weighted by Gasteiger charge is -2.29. The molecule has 20 heavy (non-hydrogen) atoms. The lowest BCUT2D eigenvalue weighted by Crippen LogP contribution is -2.38. The van der Waals surface area contributed by atoms with Gasteiger partial charge in [-0.25, -0.2) is 0 Å². The molecule has 0 aliphatic heterocycles. The molecule has 104 valence electrons. The molecule has 4 heteroatoms. The van der Waals surface area contributed by atoms with Crippen molar-refractivity contribution in [1.82, 2.24) is 4.90 Å². The van der Waals surface area contributed by atoms with Crippen LogP contribution in [0.1, 0.15) is 29.3 Å². The molecular weight excluding hydrogens is 268 g/mol. The first-order valence-corrected chi connectivity index (χ1v) is 7.76. The van der Waals surface area contributed by atoms with Crippen molar-refractivity contribution in [2.45, 2.75) is 31.5 Å². The molecule has 1 saturated carbocycles. The molecule has 1 heterocycles. The van der Waals surface area contributed by atoms with Crippen LogP contribution in [-0.2, 0) is 11.3 Å². The summed E-state index contributed by atoms with van der Waals surface area (Å²) in [5, 5.41) is 2.07. The van der Waals surface area contributed by atoms with Gasteiger partial charge in [0.05, 0.1) is 0 Å². The summed E-state index contributed by atoms with van der Waals surface area (Å²) >= 11 is 1.73. The molecule has 1 aromatic carbocycles. The second-order valence-electron chi connectivity index (χ2n) is 5.20. The molecule has 2 aromatic rings. The zero-order valence-corrected chi connectivity index (χ0v) is 12.1. The van der Waals surface area contributed by atoms with Crippen LogP contribution in [0, 0.1) is 0 Å². The Morgan fingerprint density at radius 3 is 2.55 bits per heavy atom. The molecule has 0 spiro atoms. The second kappa shape index (κ2) is 5.77. The maximum Gasteiger partial charge on any atom is 0.239 e. The average Bonchev–Trinajstić information content (AvgIpc) is 3.17. The minimum absolute atomic E-state index is 0.264. The van der Waals surface area contributed by atoms with E-state index >= 15 is 0 Å². The average molecular weight is 286 g/mol. The fourth-order valence-corrected chi connectivity index (χ4v) is 3.29. The molecule has 1 amide bonds. The highest BCUT2D eigenvalue weighted by molar-refractivity contribution is 7.09. The molecule has 0 unspecified atom stereocenters. The molecule has 1 fully saturated rings. The highest BCUT2D eigenvalue weighted by Gasteiger charge is 2.37. The largest absolute Gasteiger partial charge is 0.368 e. The van der Waals surface area contributed by atoms with Crippen molar-refractivity contribution in [3.8, 4) is 0 Å². The van der Waals surface area contributed by atoms with Crippen LogP contribution in [0.4, 0.5) is 0 Å². The van der Waals surface area contributed by atoms with Gasteiger partial charge in [-0.1, -0.05) is 36.4 Å². The Bertz CT molecular complexity index is 563. The van der Waals surface area contributed by atoms with Crippen molar-refractivity contribution in [2.75, 3.05) is 0 Å². The maximum absolute atomic E-state index is 12.0. The van der Waals surface area contributed by atoms with Gasteiger partial charge in [0.25, 0.3) is 0 Å². The molecule has 1 atom stereocenters. The smallest absolute Gasteiger partial charge is 0.239 e. The minimum atomic E-state index is -0.328. The number of nitrogens with zero attached hydrogens (tertiary/aromatic N) is 1. The summed E-state index contributed by atoms with van der Waals surface area (Å²) in [5.41, 5.74) is 6.68. The van der Waals surface area contributed by atoms with E-state index in [0.717, 1.165) is 24.9 Å². The Morgan fingerprint density at radius 2 is 2.00 bits per heavy atom. The zero-order chi connectivity index (χ0) is 13.9. The van der Waals surface area contributed by atoms with Crippen LogP contribution in [0.3, 0.4) is 0 Å². The van der Waals surface area contributed by atoms with Crippen molar-refractivity contribution in [2.24, 2.45) is 5.73 Å². The maximum atomic E-state index is 12.0. The Balaban J connectivity index is 1.88. The first-order valence-electron chi connectivity index (χ1n) is 6.88. The summed E-state index contributed by atoms with van der Waals surface area (Å²) in [7, 11) is 0. The van der Waals surface area contributed by atoms with E-state index in [0.29, 0.717) is 6.04 Å². The van der Waals surface area contributed by atoms with Gasteiger partial charge in [-0.05, 0) is 29.9 Å². The number of amides is 1. The van der Waals surface area contributed by atoms with E-state index in [4.69, 9.17) is 5.73 Å². The minimum Gasteiger partial charge on any atom is -0.368 e. The van der Waals surface area contributed by atoms with Crippen LogP contribution in [0.15, 0.2) is 47.8 Å². The Morgan fingerprint density at radius 1 is 1.25 bits per heavy atom. The summed E-state index contributed by atoms with van der Waals surface area (Å²) in [6.07, 6.45) is 2.31. The highest BCUT2D eigenvalue weighted by atomic mass is 32.1. The molecule has 2 N–H and O–H groups in total. The van der Waals surface area contributed by atoms with Crippen LogP contribution >= 0.6 is 11.3 Å². The molecule has 3 rings (SSSR count). The van der Waals surface area contributed by atoms with Gasteiger partial charge in [-0.3, -0.25) is 9.69 Å². The Labute approximate surface area is 123 Å². The van der Waals surface area contributed by atoms with E-state index in [-0.39, 0.29) is 11.9 Å². The third-order valence-electron chi connectivity index (χ3n) is 3.65. The molecular formula is C16H18N2OS. The first-order chi connectivity index (χ1) is 9.75. The number of carbonyl (C=O) groups is 1. The molecule has 1 aliphatic carbocycles. The monoisotopic (exact) mass is 286 g/mol. The van der Waals surface area contributed by atoms with Crippen LogP contribution in [-0.4, -0.2) is 16.8 Å². The number of hydrogen-bond donors (Lipinski definition) is 1. The van der Waals surface area contributed by atoms with Gasteiger partial charge in [0.15, 0.2) is 0 Å². The quantitative estimate of drug-likeness (QED) is 0.887. The van der Waals surface area contributed by atoms with Crippen LogP contribution in [0.25, 0.3) is 0 Å². The molecule has 0 radical (unpaired) electrons. The number of nitrogens with two attached hydrogens (primary N) is 1. The number of hydrogen-bond acceptors (Lipinski definition) is 3. The summed E-state index contributed by atoms with van der Waals surface area (Å²) in [6.45, 7) is 0.796. The van der Waals surface area contributed by atoms with Gasteiger partial charge in [0.1, 0.15) is 6.04 Å². The van der Waals surface area contributed by atoms with E-state index in [1.54, 1.807) is 11.3 Å². The first kappa shape index (κ1) is 13.3. The number of thiophene rings is 1. The Hall–Kier alpha value is -1.65. The van der Waals surface area contributed by atoms with Crippen LogP contribution in [0.5, 0.6) is 0 Å². The van der Waals surface area contributed by atoms with E-state index < -0.39 is 0 Å². The summed E-state index contributed by atoms with van der Waals surface area (Å²) in [5.74, 6) is -0.264. The topological polar surface area (TPSA) is 46.3 Å². The lowest BCUT2D eigenvalue weighted by atomic mass is 10.0. The fourth-order valence-electron chi connectivity index (χ4n) is 2.57. The third kappa shape index (κ3) is 2.92. The van der Waals surface area contributed by atoms with Crippen molar-refractivity contribution >= 4 is 17.2 Å². The molecule has 1 aromatic heterocycles. The SMILES string of the molecule is NC(=O)[C@@H](c1ccccc1)N(Cc1cccs1)C1CC1. The van der Waals surface area contributed by atoms with Crippen molar-refractivity contribution in [1.29, 1.82) is 0 Å². The third-order valence-corrected chi connectivity index (χ3v) is 4.51. The Kier molecular flexibility index (Phi) is 3.85. The van der Waals surface area contributed by atoms with E-state index in [1.165, 1.54) is 4.88 Å². The predicted molar refractivity (Wildman–Crippen MR) is 81.3 cm³/mol. The molecule has 1 aliphatic rings. The highest BCUT2D eigenvalue weighted by Crippen LogP contribution is 2.36. The molecule has 0 bridgehead atoms. The molecule has 0 saturated heterocycles. The fraction of sp³-hybridized carbons (Fsp3) is 0.312. The van der Waals surface area contributed by atoms with E-state index in [2.05, 4.69) is 16.3 Å². The van der Waals surface area contributed by atoms with Gasteiger partial charge < -0.3 is 5.73 Å². The van der Waals surface area contributed by atoms with E-state index in [1.807, 2.05) is 36.4 Å². The zero-order valence-electron chi connectivity index (χ0n) is 11.2.